The van der Waals surface area contributed by atoms with Crippen molar-refractivity contribution in [3.63, 3.8) is 0 Å². The van der Waals surface area contributed by atoms with Crippen LogP contribution in [0.15, 0.2) is 12.1 Å². The molecule has 4 heteroatoms. The maximum atomic E-state index is 12.8. The summed E-state index contributed by atoms with van der Waals surface area (Å²) in [5.74, 6) is -2.41. The number of benzene rings is 1. The van der Waals surface area contributed by atoms with Gasteiger partial charge in [-0.1, -0.05) is 6.04 Å². The standard InChI is InChI=1S/C8H9F3Si/c9-5-3-7(10)6(1-2-12)8(11)4-5/h3-4H,1-2H2,12H3. The number of hydrogen-bond donors (Lipinski definition) is 0. The smallest absolute Gasteiger partial charge is 0.132 e. The Bertz CT molecular complexity index is 263. The van der Waals surface area contributed by atoms with Gasteiger partial charge in [0.1, 0.15) is 17.5 Å². The van der Waals surface area contributed by atoms with Crippen molar-refractivity contribution in [3.05, 3.63) is 35.1 Å². The number of hydrogen-bond acceptors (Lipinski definition) is 0. The predicted octanol–water partition coefficient (Wildman–Crippen LogP) is 1.43. The first-order chi connectivity index (χ1) is 5.65. The first-order valence-electron chi connectivity index (χ1n) is 3.78. The second-order valence-corrected chi connectivity index (χ2v) is 3.60. The molecule has 0 bridgehead atoms. The molecule has 0 aliphatic rings. The van der Waals surface area contributed by atoms with Crippen molar-refractivity contribution in [2.24, 2.45) is 0 Å². The molecule has 0 aliphatic carbocycles. The quantitative estimate of drug-likeness (QED) is 0.619. The first-order valence-corrected chi connectivity index (χ1v) is 5.20. The lowest BCUT2D eigenvalue weighted by atomic mass is 10.1. The maximum Gasteiger partial charge on any atom is 0.132 e. The van der Waals surface area contributed by atoms with Gasteiger partial charge in [0, 0.05) is 27.9 Å². The van der Waals surface area contributed by atoms with Crippen LogP contribution in [0.25, 0.3) is 0 Å². The van der Waals surface area contributed by atoms with Gasteiger partial charge in [0.05, 0.1) is 0 Å². The zero-order valence-electron chi connectivity index (χ0n) is 6.70. The van der Waals surface area contributed by atoms with Crippen molar-refractivity contribution in [1.29, 1.82) is 0 Å². The highest BCUT2D eigenvalue weighted by Crippen LogP contribution is 2.15. The summed E-state index contributed by atoms with van der Waals surface area (Å²) >= 11 is 0. The van der Waals surface area contributed by atoms with Gasteiger partial charge < -0.3 is 0 Å². The van der Waals surface area contributed by atoms with Gasteiger partial charge >= 0.3 is 0 Å². The van der Waals surface area contributed by atoms with E-state index in [1.54, 1.807) is 0 Å². The molecular formula is C8H9F3Si. The highest BCUT2D eigenvalue weighted by Gasteiger charge is 2.09. The summed E-state index contributed by atoms with van der Waals surface area (Å²) < 4.78 is 38.0. The van der Waals surface area contributed by atoms with Crippen LogP contribution in [0.2, 0.25) is 6.04 Å². The van der Waals surface area contributed by atoms with Gasteiger partial charge in [-0.25, -0.2) is 13.2 Å². The van der Waals surface area contributed by atoms with Gasteiger partial charge in [-0.2, -0.15) is 0 Å². The molecular weight excluding hydrogens is 181 g/mol. The van der Waals surface area contributed by atoms with Gasteiger partial charge in [-0.3, -0.25) is 0 Å². The van der Waals surface area contributed by atoms with Crippen LogP contribution >= 0.6 is 0 Å². The highest BCUT2D eigenvalue weighted by molar-refractivity contribution is 6.08. The van der Waals surface area contributed by atoms with E-state index in [2.05, 4.69) is 0 Å². The summed E-state index contributed by atoms with van der Waals surface area (Å²) in [7, 11) is 0.891. The van der Waals surface area contributed by atoms with E-state index in [9.17, 15) is 13.2 Å². The Morgan fingerprint density at radius 2 is 1.58 bits per heavy atom. The average molecular weight is 190 g/mol. The molecule has 1 aromatic rings. The summed E-state index contributed by atoms with van der Waals surface area (Å²) in [6.45, 7) is 0. The van der Waals surface area contributed by atoms with E-state index < -0.39 is 17.5 Å². The van der Waals surface area contributed by atoms with E-state index in [4.69, 9.17) is 0 Å². The molecule has 1 rings (SSSR count). The van der Waals surface area contributed by atoms with Crippen LogP contribution in [0, 0.1) is 17.5 Å². The van der Waals surface area contributed by atoms with Gasteiger partial charge in [0.15, 0.2) is 0 Å². The van der Waals surface area contributed by atoms with Gasteiger partial charge in [0.25, 0.3) is 0 Å². The third-order valence-electron chi connectivity index (χ3n) is 1.61. The molecule has 0 aromatic heterocycles. The Labute approximate surface area is 71.8 Å². The van der Waals surface area contributed by atoms with Crippen LogP contribution in [0.5, 0.6) is 0 Å². The SMILES string of the molecule is Fc1cc(F)c(CC[SiH3])c(F)c1. The van der Waals surface area contributed by atoms with Crippen molar-refractivity contribution in [2.45, 2.75) is 12.5 Å². The van der Waals surface area contributed by atoms with Gasteiger partial charge in [-0.15, -0.1) is 0 Å². The molecule has 0 fully saturated rings. The van der Waals surface area contributed by atoms with Crippen LogP contribution < -0.4 is 0 Å². The minimum Gasteiger partial charge on any atom is -0.207 e. The van der Waals surface area contributed by atoms with Crippen LogP contribution in [-0.4, -0.2) is 10.2 Å². The zero-order valence-corrected chi connectivity index (χ0v) is 8.70. The lowest BCUT2D eigenvalue weighted by Crippen LogP contribution is -1.96. The molecule has 0 heterocycles. The fraction of sp³-hybridized carbons (Fsp3) is 0.250. The summed E-state index contributed by atoms with van der Waals surface area (Å²) in [6.07, 6.45) is 0.365. The molecule has 0 saturated heterocycles. The minimum absolute atomic E-state index is 0.00593. The summed E-state index contributed by atoms with van der Waals surface area (Å²) in [6, 6.07) is 2.21. The molecule has 0 atom stereocenters. The average Bonchev–Trinajstić information content (AvgIpc) is 1.96. The van der Waals surface area contributed by atoms with E-state index in [-0.39, 0.29) is 5.56 Å². The molecule has 66 valence electrons. The number of halogens is 3. The van der Waals surface area contributed by atoms with E-state index in [1.807, 2.05) is 0 Å². The molecule has 12 heavy (non-hydrogen) atoms. The molecule has 0 spiro atoms. The van der Waals surface area contributed by atoms with Crippen molar-refractivity contribution in [2.75, 3.05) is 0 Å². The van der Waals surface area contributed by atoms with Crippen molar-refractivity contribution < 1.29 is 13.2 Å². The van der Waals surface area contributed by atoms with Crippen LogP contribution in [-0.2, 0) is 6.42 Å². The third-order valence-corrected chi connectivity index (χ3v) is 2.11. The van der Waals surface area contributed by atoms with Gasteiger partial charge in [0.2, 0.25) is 0 Å². The summed E-state index contributed by atoms with van der Waals surface area (Å²) in [4.78, 5) is 0. The molecule has 1 aromatic carbocycles. The zero-order chi connectivity index (χ0) is 9.14. The fourth-order valence-corrected chi connectivity index (χ4v) is 1.56. The van der Waals surface area contributed by atoms with Crippen molar-refractivity contribution >= 4 is 10.2 Å². The van der Waals surface area contributed by atoms with Crippen molar-refractivity contribution in [1.82, 2.24) is 0 Å². The summed E-state index contributed by atoms with van der Waals surface area (Å²) in [5.41, 5.74) is 0.00593. The number of rotatable bonds is 2. The first kappa shape index (κ1) is 9.32. The normalized spacial score (nSPS) is 10.6. The second-order valence-electron chi connectivity index (χ2n) is 2.60. The van der Waals surface area contributed by atoms with Crippen LogP contribution in [0.4, 0.5) is 13.2 Å². The summed E-state index contributed by atoms with van der Waals surface area (Å²) in [5, 5.41) is 0. The van der Waals surface area contributed by atoms with E-state index in [0.29, 0.717) is 6.42 Å². The Morgan fingerprint density at radius 3 is 2.00 bits per heavy atom. The van der Waals surface area contributed by atoms with E-state index in [0.717, 1.165) is 28.4 Å². The van der Waals surface area contributed by atoms with Crippen molar-refractivity contribution in [3.8, 4) is 0 Å². The van der Waals surface area contributed by atoms with E-state index >= 15 is 0 Å². The fourth-order valence-electron chi connectivity index (χ4n) is 1.06. The Hall–Kier alpha value is -0.773. The monoisotopic (exact) mass is 190 g/mol. The molecule has 0 saturated carbocycles. The van der Waals surface area contributed by atoms with E-state index in [1.165, 1.54) is 0 Å². The Kier molecular flexibility index (Phi) is 2.92. The topological polar surface area (TPSA) is 0 Å². The molecule has 0 amide bonds. The largest absolute Gasteiger partial charge is 0.207 e. The second kappa shape index (κ2) is 3.76. The molecule has 0 N–H and O–H groups in total. The highest BCUT2D eigenvalue weighted by atomic mass is 28.1. The lowest BCUT2D eigenvalue weighted by Gasteiger charge is -2.02. The van der Waals surface area contributed by atoms with Gasteiger partial charge in [-0.05, 0) is 6.42 Å². The Morgan fingerprint density at radius 1 is 1.08 bits per heavy atom. The maximum absolute atomic E-state index is 12.8. The van der Waals surface area contributed by atoms with Crippen LogP contribution in [0.3, 0.4) is 0 Å². The van der Waals surface area contributed by atoms with Crippen LogP contribution in [0.1, 0.15) is 5.56 Å². The lowest BCUT2D eigenvalue weighted by molar-refractivity contribution is 0.526. The molecule has 0 radical (unpaired) electrons. The minimum atomic E-state index is -0.859. The molecule has 0 unspecified atom stereocenters. The molecule has 0 aliphatic heterocycles. The third kappa shape index (κ3) is 1.88. The molecule has 0 nitrogen and oxygen atoms in total. The predicted molar refractivity (Wildman–Crippen MR) is 44.8 cm³/mol. The Balaban J connectivity index is 3.10.